The first-order chi connectivity index (χ1) is 13.3. The Balaban J connectivity index is 1.82. The lowest BCUT2D eigenvalue weighted by molar-refractivity contribution is -0.386. The Morgan fingerprint density at radius 1 is 1.21 bits per heavy atom. The Kier molecular flexibility index (Phi) is 5.35. The third-order valence-corrected chi connectivity index (χ3v) is 5.72. The smallest absolute Gasteiger partial charge is 0.306 e. The molecule has 2 aliphatic rings. The molecule has 1 fully saturated rings. The lowest BCUT2D eigenvalue weighted by atomic mass is 9.73. The molecule has 1 saturated heterocycles. The lowest BCUT2D eigenvalue weighted by Gasteiger charge is -2.39. The van der Waals surface area contributed by atoms with Gasteiger partial charge in [0.1, 0.15) is 0 Å². The number of rotatable bonds is 4. The van der Waals surface area contributed by atoms with Gasteiger partial charge in [0.2, 0.25) is 11.8 Å². The lowest BCUT2D eigenvalue weighted by Crippen LogP contribution is -2.47. The number of methoxy groups -OCH3 is 1. The van der Waals surface area contributed by atoms with Crippen LogP contribution in [0.3, 0.4) is 0 Å². The Morgan fingerprint density at radius 3 is 2.46 bits per heavy atom. The van der Waals surface area contributed by atoms with Crippen molar-refractivity contribution in [1.82, 2.24) is 4.90 Å². The molecule has 28 heavy (non-hydrogen) atoms. The van der Waals surface area contributed by atoms with Gasteiger partial charge < -0.3 is 14.5 Å². The molecule has 3 rings (SSSR count). The highest BCUT2D eigenvalue weighted by atomic mass is 16.6. The molecule has 0 aromatic heterocycles. The van der Waals surface area contributed by atoms with Crippen LogP contribution in [0.5, 0.6) is 0 Å². The third kappa shape index (κ3) is 3.44. The monoisotopic (exact) mass is 389 g/mol. The first-order valence-corrected chi connectivity index (χ1v) is 9.19. The number of hydrogen-bond acceptors (Lipinski definition) is 6. The van der Waals surface area contributed by atoms with Crippen LogP contribution in [0, 0.1) is 10.1 Å². The highest BCUT2D eigenvalue weighted by molar-refractivity contribution is 5.96. The van der Waals surface area contributed by atoms with Crippen molar-refractivity contribution >= 4 is 29.2 Å². The number of fused-ring (bicyclic) bond motifs is 2. The summed E-state index contributed by atoms with van der Waals surface area (Å²) in [5.74, 6) is -0.723. The highest BCUT2D eigenvalue weighted by Crippen LogP contribution is 2.50. The van der Waals surface area contributed by atoms with Gasteiger partial charge in [-0.1, -0.05) is 6.07 Å². The molecule has 2 amide bonds. The number of nitro groups is 1. The molecule has 0 radical (unpaired) electrons. The van der Waals surface area contributed by atoms with Crippen molar-refractivity contribution in [1.29, 1.82) is 0 Å². The maximum Gasteiger partial charge on any atom is 0.306 e. The number of esters is 1. The van der Waals surface area contributed by atoms with E-state index in [0.717, 1.165) is 0 Å². The summed E-state index contributed by atoms with van der Waals surface area (Å²) in [6.45, 7) is 2.69. The summed E-state index contributed by atoms with van der Waals surface area (Å²) in [6.07, 6.45) is 1.16. The van der Waals surface area contributed by atoms with Gasteiger partial charge in [-0.25, -0.2) is 0 Å². The number of likely N-dealkylation sites (tertiary alicyclic amines) is 1. The van der Waals surface area contributed by atoms with Gasteiger partial charge in [0, 0.05) is 44.5 Å². The molecule has 150 valence electrons. The van der Waals surface area contributed by atoms with Crippen molar-refractivity contribution < 1.29 is 24.0 Å². The number of nitrogens with zero attached hydrogens (tertiary/aromatic N) is 3. The van der Waals surface area contributed by atoms with E-state index in [0.29, 0.717) is 43.7 Å². The molecule has 0 unspecified atom stereocenters. The average Bonchev–Trinajstić information content (AvgIpc) is 3.01. The molecule has 0 bridgehead atoms. The number of anilines is 1. The van der Waals surface area contributed by atoms with Crippen LogP contribution in [0.4, 0.5) is 11.4 Å². The molecule has 0 saturated carbocycles. The van der Waals surface area contributed by atoms with Crippen LogP contribution >= 0.6 is 0 Å². The molecular weight excluding hydrogens is 366 g/mol. The van der Waals surface area contributed by atoms with Crippen LogP contribution in [-0.4, -0.2) is 54.4 Å². The summed E-state index contributed by atoms with van der Waals surface area (Å²) in [5.41, 5.74) is 0.666. The standard InChI is InChI=1S/C19H23N3O6/c1-13(23)21-12-19(18-14(21)4-3-5-15(18)22(26)27)8-10-20(11-9-19)16(24)6-7-17(25)28-2/h3-5H,6-12H2,1-2H3. The summed E-state index contributed by atoms with van der Waals surface area (Å²) in [4.78, 5) is 50.2. The number of nitro benzene ring substituents is 1. The molecule has 0 aliphatic carbocycles. The fourth-order valence-corrected chi connectivity index (χ4v) is 4.26. The molecule has 0 atom stereocenters. The van der Waals surface area contributed by atoms with Crippen LogP contribution in [0.15, 0.2) is 18.2 Å². The second-order valence-electron chi connectivity index (χ2n) is 7.27. The van der Waals surface area contributed by atoms with Crippen molar-refractivity contribution in [2.24, 2.45) is 0 Å². The first-order valence-electron chi connectivity index (χ1n) is 9.19. The zero-order chi connectivity index (χ0) is 20.5. The van der Waals surface area contributed by atoms with E-state index in [1.807, 2.05) is 0 Å². The van der Waals surface area contributed by atoms with Crippen molar-refractivity contribution in [3.8, 4) is 0 Å². The van der Waals surface area contributed by atoms with E-state index >= 15 is 0 Å². The van der Waals surface area contributed by atoms with Crippen LogP contribution in [-0.2, 0) is 24.5 Å². The average molecular weight is 389 g/mol. The number of hydrogen-bond donors (Lipinski definition) is 0. The molecule has 0 N–H and O–H groups in total. The Morgan fingerprint density at radius 2 is 1.89 bits per heavy atom. The molecule has 2 heterocycles. The van der Waals surface area contributed by atoms with Crippen molar-refractivity contribution in [3.05, 3.63) is 33.9 Å². The van der Waals surface area contributed by atoms with E-state index in [2.05, 4.69) is 4.74 Å². The van der Waals surface area contributed by atoms with Gasteiger partial charge >= 0.3 is 5.97 Å². The minimum absolute atomic E-state index is 0.0201. The molecule has 1 aromatic carbocycles. The summed E-state index contributed by atoms with van der Waals surface area (Å²) in [7, 11) is 1.28. The molecular formula is C19H23N3O6. The van der Waals surface area contributed by atoms with E-state index in [9.17, 15) is 24.5 Å². The molecule has 9 nitrogen and oxygen atoms in total. The summed E-state index contributed by atoms with van der Waals surface area (Å²) < 4.78 is 4.56. The van der Waals surface area contributed by atoms with E-state index in [1.165, 1.54) is 20.1 Å². The highest BCUT2D eigenvalue weighted by Gasteiger charge is 2.50. The predicted octanol–water partition coefficient (Wildman–Crippen LogP) is 1.77. The summed E-state index contributed by atoms with van der Waals surface area (Å²) >= 11 is 0. The summed E-state index contributed by atoms with van der Waals surface area (Å²) in [6, 6.07) is 4.81. The van der Waals surface area contributed by atoms with Crippen molar-refractivity contribution in [3.63, 3.8) is 0 Å². The molecule has 9 heteroatoms. The normalized spacial score (nSPS) is 17.4. The van der Waals surface area contributed by atoms with Gasteiger partial charge in [0.15, 0.2) is 0 Å². The van der Waals surface area contributed by atoms with Crippen LogP contribution in [0.25, 0.3) is 0 Å². The molecule has 1 aromatic rings. The zero-order valence-electron chi connectivity index (χ0n) is 16.0. The molecule has 2 aliphatic heterocycles. The zero-order valence-corrected chi connectivity index (χ0v) is 16.0. The SMILES string of the molecule is COC(=O)CCC(=O)N1CCC2(CC1)CN(C(C)=O)c1cccc([N+](=O)[O-])c12. The first kappa shape index (κ1) is 19.8. The maximum absolute atomic E-state index is 12.4. The van der Waals surface area contributed by atoms with Gasteiger partial charge in [-0.2, -0.15) is 0 Å². The van der Waals surface area contributed by atoms with E-state index in [1.54, 1.807) is 21.9 Å². The minimum atomic E-state index is -0.538. The van der Waals surface area contributed by atoms with Crippen LogP contribution in [0.2, 0.25) is 0 Å². The van der Waals surface area contributed by atoms with Crippen molar-refractivity contribution in [2.75, 3.05) is 31.6 Å². The van der Waals surface area contributed by atoms with E-state index in [4.69, 9.17) is 0 Å². The fraction of sp³-hybridized carbons (Fsp3) is 0.526. The maximum atomic E-state index is 12.4. The second-order valence-corrected chi connectivity index (χ2v) is 7.27. The van der Waals surface area contributed by atoms with Crippen molar-refractivity contribution in [2.45, 2.75) is 38.0 Å². The quantitative estimate of drug-likeness (QED) is 0.441. The van der Waals surface area contributed by atoms with E-state index < -0.39 is 16.3 Å². The number of piperidine rings is 1. The Hall–Kier alpha value is -2.97. The fourth-order valence-electron chi connectivity index (χ4n) is 4.26. The number of carbonyl (C=O) groups excluding carboxylic acids is 3. The Bertz CT molecular complexity index is 829. The second kappa shape index (κ2) is 7.57. The Labute approximate surface area is 162 Å². The van der Waals surface area contributed by atoms with Gasteiger partial charge in [0.25, 0.3) is 5.69 Å². The molecule has 1 spiro atoms. The minimum Gasteiger partial charge on any atom is -0.469 e. The number of benzene rings is 1. The predicted molar refractivity (Wildman–Crippen MR) is 99.9 cm³/mol. The van der Waals surface area contributed by atoms with Gasteiger partial charge in [-0.05, 0) is 18.9 Å². The third-order valence-electron chi connectivity index (χ3n) is 5.72. The van der Waals surface area contributed by atoms with Crippen LogP contribution in [0.1, 0.15) is 38.2 Å². The number of carbonyl (C=O) groups is 3. The topological polar surface area (TPSA) is 110 Å². The van der Waals surface area contributed by atoms with E-state index in [-0.39, 0.29) is 30.3 Å². The van der Waals surface area contributed by atoms with Gasteiger partial charge in [-0.15, -0.1) is 0 Å². The number of ether oxygens (including phenoxy) is 1. The number of amides is 2. The van der Waals surface area contributed by atoms with Crippen LogP contribution < -0.4 is 4.90 Å². The van der Waals surface area contributed by atoms with Gasteiger partial charge in [0.05, 0.1) is 29.7 Å². The van der Waals surface area contributed by atoms with Gasteiger partial charge in [-0.3, -0.25) is 24.5 Å². The largest absolute Gasteiger partial charge is 0.469 e. The summed E-state index contributed by atoms with van der Waals surface area (Å²) in [5, 5.41) is 11.6.